The number of allylic oxidation sites excluding steroid dienone is 4. The van der Waals surface area contributed by atoms with Crippen LogP contribution in [0.3, 0.4) is 0 Å². The van der Waals surface area contributed by atoms with Crippen LogP contribution in [0.4, 0.5) is 5.69 Å². The average molecular weight is 640 g/mol. The van der Waals surface area contributed by atoms with Crippen molar-refractivity contribution < 1.29 is 0 Å². The third-order valence-electron chi connectivity index (χ3n) is 10.3. The van der Waals surface area contributed by atoms with Gasteiger partial charge >= 0.3 is 0 Å². The standard InChI is InChI=1S/C45H29N5/c46-26-29-19-21-42-39(22-29)45-34(28-48)11-7-17-43(45)49(42)35-12-6-9-32(25-35)31-8-5-10-33(24-31)36-20-18-30(27-47)23-44(36)50-40-15-3-1-13-37(40)38-14-2-4-16-41(38)50/h1,3-13,15-25,37,40H,2,14H2. The Balaban J connectivity index is 1.18. The lowest BCUT2D eigenvalue weighted by Gasteiger charge is -2.32. The predicted octanol–water partition coefficient (Wildman–Crippen LogP) is 10.3. The Morgan fingerprint density at radius 3 is 2.28 bits per heavy atom. The van der Waals surface area contributed by atoms with Gasteiger partial charge in [0, 0.05) is 33.6 Å². The Kier molecular flexibility index (Phi) is 6.84. The highest BCUT2D eigenvalue weighted by Crippen LogP contribution is 2.48. The lowest BCUT2D eigenvalue weighted by atomic mass is 9.87. The third kappa shape index (κ3) is 4.51. The van der Waals surface area contributed by atoms with E-state index in [0.717, 1.165) is 68.3 Å². The molecule has 5 heteroatoms. The Bertz CT molecular complexity index is 2660. The number of nitrogens with zero attached hydrogens (tertiary/aromatic N) is 5. The summed E-state index contributed by atoms with van der Waals surface area (Å²) in [5, 5.41) is 31.3. The zero-order valence-corrected chi connectivity index (χ0v) is 27.1. The third-order valence-corrected chi connectivity index (χ3v) is 10.3. The molecule has 50 heavy (non-hydrogen) atoms. The van der Waals surface area contributed by atoms with Crippen molar-refractivity contribution >= 4 is 27.5 Å². The quantitative estimate of drug-likeness (QED) is 0.192. The first-order valence-corrected chi connectivity index (χ1v) is 16.8. The molecule has 0 N–H and O–H groups in total. The Labute approximate surface area is 290 Å². The minimum atomic E-state index is 0.164. The molecule has 0 fully saturated rings. The monoisotopic (exact) mass is 639 g/mol. The molecule has 0 amide bonds. The molecule has 0 bridgehead atoms. The van der Waals surface area contributed by atoms with Gasteiger partial charge in [-0.25, -0.2) is 0 Å². The molecule has 234 valence electrons. The Morgan fingerprint density at radius 1 is 0.660 bits per heavy atom. The highest BCUT2D eigenvalue weighted by atomic mass is 15.2. The smallest absolute Gasteiger partial charge is 0.0998 e. The highest BCUT2D eigenvalue weighted by Gasteiger charge is 2.39. The van der Waals surface area contributed by atoms with Gasteiger partial charge in [0.25, 0.3) is 0 Å². The summed E-state index contributed by atoms with van der Waals surface area (Å²) in [6.07, 6.45) is 15.5. The van der Waals surface area contributed by atoms with E-state index in [1.165, 1.54) is 11.3 Å². The lowest BCUT2D eigenvalue weighted by molar-refractivity contribution is 0.658. The molecule has 2 aliphatic carbocycles. The zero-order chi connectivity index (χ0) is 33.8. The summed E-state index contributed by atoms with van der Waals surface area (Å²) in [7, 11) is 0. The zero-order valence-electron chi connectivity index (χ0n) is 27.1. The van der Waals surface area contributed by atoms with Gasteiger partial charge in [0.15, 0.2) is 0 Å². The number of fused-ring (bicyclic) bond motifs is 5. The van der Waals surface area contributed by atoms with Crippen molar-refractivity contribution in [2.24, 2.45) is 5.92 Å². The van der Waals surface area contributed by atoms with Crippen LogP contribution in [0.25, 0.3) is 49.7 Å². The fraction of sp³-hybridized carbons (Fsp3) is 0.0889. The van der Waals surface area contributed by atoms with E-state index in [0.29, 0.717) is 22.6 Å². The Hall–Kier alpha value is -6.87. The van der Waals surface area contributed by atoms with Crippen molar-refractivity contribution in [1.82, 2.24) is 4.57 Å². The number of rotatable bonds is 4. The molecule has 5 aromatic carbocycles. The van der Waals surface area contributed by atoms with Gasteiger partial charge < -0.3 is 9.47 Å². The molecular weight excluding hydrogens is 611 g/mol. The van der Waals surface area contributed by atoms with E-state index in [4.69, 9.17) is 0 Å². The fourth-order valence-electron chi connectivity index (χ4n) is 8.10. The van der Waals surface area contributed by atoms with Crippen molar-refractivity contribution in [1.29, 1.82) is 15.8 Å². The van der Waals surface area contributed by atoms with E-state index >= 15 is 0 Å². The minimum Gasteiger partial charge on any atom is -0.333 e. The minimum absolute atomic E-state index is 0.164. The number of anilines is 1. The molecule has 6 aromatic rings. The second kappa shape index (κ2) is 11.7. The van der Waals surface area contributed by atoms with E-state index in [2.05, 4.69) is 119 Å². The van der Waals surface area contributed by atoms with Crippen LogP contribution in [0.5, 0.6) is 0 Å². The van der Waals surface area contributed by atoms with Gasteiger partial charge in [0.2, 0.25) is 0 Å². The van der Waals surface area contributed by atoms with Crippen molar-refractivity contribution in [2.75, 3.05) is 4.90 Å². The highest BCUT2D eigenvalue weighted by molar-refractivity contribution is 6.12. The second-order valence-electron chi connectivity index (χ2n) is 13.0. The van der Waals surface area contributed by atoms with E-state index in [-0.39, 0.29) is 6.04 Å². The van der Waals surface area contributed by atoms with Crippen LogP contribution in [-0.4, -0.2) is 10.6 Å². The molecule has 0 saturated heterocycles. The molecule has 3 aliphatic rings. The van der Waals surface area contributed by atoms with E-state index in [1.54, 1.807) is 0 Å². The molecule has 0 radical (unpaired) electrons. The number of hydrogen-bond donors (Lipinski definition) is 0. The summed E-state index contributed by atoms with van der Waals surface area (Å²) >= 11 is 0. The first-order valence-electron chi connectivity index (χ1n) is 16.8. The molecule has 1 aromatic heterocycles. The predicted molar refractivity (Wildman–Crippen MR) is 199 cm³/mol. The van der Waals surface area contributed by atoms with Crippen LogP contribution in [0.2, 0.25) is 0 Å². The van der Waals surface area contributed by atoms with Gasteiger partial charge in [-0.15, -0.1) is 0 Å². The summed E-state index contributed by atoms with van der Waals surface area (Å²) < 4.78 is 2.18. The molecule has 2 atom stereocenters. The van der Waals surface area contributed by atoms with Crippen LogP contribution < -0.4 is 4.90 Å². The van der Waals surface area contributed by atoms with E-state index < -0.39 is 0 Å². The van der Waals surface area contributed by atoms with Crippen molar-refractivity contribution in [3.8, 4) is 46.1 Å². The molecule has 0 saturated carbocycles. The Morgan fingerprint density at radius 2 is 1.42 bits per heavy atom. The SMILES string of the molecule is N#Cc1ccc(-c2cccc(-c3cccc(-n4c5ccc(C#N)cc5c5c(C#N)cccc54)c3)c2)c(N2C3=C(CCC=C3)C3C=CC=CC32)c1. The van der Waals surface area contributed by atoms with E-state index in [9.17, 15) is 15.8 Å². The topological polar surface area (TPSA) is 79.5 Å². The maximum absolute atomic E-state index is 9.99. The van der Waals surface area contributed by atoms with Gasteiger partial charge in [0.1, 0.15) is 0 Å². The van der Waals surface area contributed by atoms with Crippen LogP contribution in [-0.2, 0) is 0 Å². The maximum atomic E-state index is 9.99. The molecule has 2 unspecified atom stereocenters. The van der Waals surface area contributed by atoms with Crippen LogP contribution in [0.1, 0.15) is 29.5 Å². The van der Waals surface area contributed by atoms with E-state index in [1.807, 2.05) is 48.5 Å². The lowest BCUT2D eigenvalue weighted by Crippen LogP contribution is -2.33. The summed E-state index contributed by atoms with van der Waals surface area (Å²) in [6, 6.07) is 41.7. The van der Waals surface area contributed by atoms with Crippen molar-refractivity contribution in [3.63, 3.8) is 0 Å². The van der Waals surface area contributed by atoms with Crippen molar-refractivity contribution in [3.05, 3.63) is 168 Å². The largest absolute Gasteiger partial charge is 0.333 e. The summed E-state index contributed by atoms with van der Waals surface area (Å²) in [5.41, 5.74) is 12.6. The fourth-order valence-corrected chi connectivity index (χ4v) is 8.10. The number of nitriles is 3. The number of hydrogen-bond acceptors (Lipinski definition) is 4. The molecule has 9 rings (SSSR count). The molecule has 2 heterocycles. The first-order chi connectivity index (χ1) is 24.7. The first kappa shape index (κ1) is 29.3. The van der Waals surface area contributed by atoms with Gasteiger partial charge in [-0.1, -0.05) is 72.8 Å². The summed E-state index contributed by atoms with van der Waals surface area (Å²) in [4.78, 5) is 2.44. The number of benzene rings is 5. The van der Waals surface area contributed by atoms with Crippen LogP contribution in [0, 0.1) is 39.9 Å². The normalized spacial score (nSPS) is 17.4. The summed E-state index contributed by atoms with van der Waals surface area (Å²) in [6.45, 7) is 0. The second-order valence-corrected chi connectivity index (χ2v) is 13.0. The molecule has 5 nitrogen and oxygen atoms in total. The van der Waals surface area contributed by atoms with Gasteiger partial charge in [0.05, 0.1) is 57.7 Å². The van der Waals surface area contributed by atoms with Crippen molar-refractivity contribution in [2.45, 2.75) is 18.9 Å². The van der Waals surface area contributed by atoms with Gasteiger partial charge in [-0.05, 0) is 102 Å². The molecular formula is C45H29N5. The van der Waals surface area contributed by atoms with Gasteiger partial charge in [-0.2, -0.15) is 15.8 Å². The van der Waals surface area contributed by atoms with Crippen LogP contribution in [0.15, 0.2) is 151 Å². The van der Waals surface area contributed by atoms with Gasteiger partial charge in [-0.3, -0.25) is 0 Å². The average Bonchev–Trinajstić information content (AvgIpc) is 3.70. The molecule has 1 aliphatic heterocycles. The number of aromatic nitrogens is 1. The maximum Gasteiger partial charge on any atom is 0.0998 e. The van der Waals surface area contributed by atoms with Crippen LogP contribution >= 0.6 is 0 Å². The molecule has 0 spiro atoms. The summed E-state index contributed by atoms with van der Waals surface area (Å²) in [5.74, 6) is 0.323.